The van der Waals surface area contributed by atoms with Crippen molar-refractivity contribution in [2.75, 3.05) is 0 Å². The zero-order valence-corrected chi connectivity index (χ0v) is 10.2. The lowest BCUT2D eigenvalue weighted by atomic mass is 10.0. The van der Waals surface area contributed by atoms with Crippen LogP contribution in [0.1, 0.15) is 36.6 Å². The molecular weight excluding hydrogens is 198 g/mol. The van der Waals surface area contributed by atoms with E-state index in [2.05, 4.69) is 18.8 Å². The molecule has 0 saturated heterocycles. The van der Waals surface area contributed by atoms with E-state index >= 15 is 0 Å². The van der Waals surface area contributed by atoms with Crippen molar-refractivity contribution in [3.8, 4) is 0 Å². The molecule has 0 unspecified atom stereocenters. The number of H-pyrrole nitrogens is 1. The van der Waals surface area contributed by atoms with Gasteiger partial charge in [0, 0.05) is 22.7 Å². The fraction of sp³-hybridized carbons (Fsp3) is 0.357. The maximum absolute atomic E-state index is 12.0. The largest absolute Gasteiger partial charge is 0.358 e. The van der Waals surface area contributed by atoms with Crippen LogP contribution in [0.4, 0.5) is 0 Å². The standard InChI is InChI=1S/C14H17NO/c1-8(2)11-7-13(16)14-10(4)5-9(3)6-12(14)15-11/h5-8H,1-4H3,(H,15,16). The van der Waals surface area contributed by atoms with Gasteiger partial charge in [0.05, 0.1) is 0 Å². The summed E-state index contributed by atoms with van der Waals surface area (Å²) in [6, 6.07) is 5.80. The molecule has 0 atom stereocenters. The van der Waals surface area contributed by atoms with E-state index < -0.39 is 0 Å². The van der Waals surface area contributed by atoms with E-state index in [1.165, 1.54) is 5.56 Å². The molecule has 16 heavy (non-hydrogen) atoms. The molecule has 2 nitrogen and oxygen atoms in total. The van der Waals surface area contributed by atoms with Crippen molar-refractivity contribution in [1.82, 2.24) is 4.98 Å². The Bertz CT molecular complexity index is 593. The predicted octanol–water partition coefficient (Wildman–Crippen LogP) is 3.27. The van der Waals surface area contributed by atoms with E-state index in [-0.39, 0.29) is 5.43 Å². The summed E-state index contributed by atoms with van der Waals surface area (Å²) in [5.74, 6) is 0.345. The molecule has 0 saturated carbocycles. The highest BCUT2D eigenvalue weighted by Crippen LogP contribution is 2.18. The van der Waals surface area contributed by atoms with Crippen molar-refractivity contribution in [2.45, 2.75) is 33.6 Å². The average Bonchev–Trinajstić information content (AvgIpc) is 2.15. The maximum Gasteiger partial charge on any atom is 0.189 e. The van der Waals surface area contributed by atoms with Crippen LogP contribution in [-0.2, 0) is 0 Å². The minimum Gasteiger partial charge on any atom is -0.358 e. The number of rotatable bonds is 1. The third-order valence-corrected chi connectivity index (χ3v) is 2.91. The number of fused-ring (bicyclic) bond motifs is 1. The lowest BCUT2D eigenvalue weighted by molar-refractivity contribution is 0.828. The topological polar surface area (TPSA) is 32.9 Å². The molecule has 2 heteroatoms. The zero-order chi connectivity index (χ0) is 11.9. The number of aromatic amines is 1. The Hall–Kier alpha value is -1.57. The van der Waals surface area contributed by atoms with E-state index in [4.69, 9.17) is 0 Å². The predicted molar refractivity (Wildman–Crippen MR) is 68.1 cm³/mol. The molecule has 0 aliphatic heterocycles. The fourth-order valence-corrected chi connectivity index (χ4v) is 2.11. The van der Waals surface area contributed by atoms with Gasteiger partial charge in [-0.25, -0.2) is 0 Å². The molecular formula is C14H17NO. The summed E-state index contributed by atoms with van der Waals surface area (Å²) < 4.78 is 0. The summed E-state index contributed by atoms with van der Waals surface area (Å²) in [7, 11) is 0. The van der Waals surface area contributed by atoms with Crippen molar-refractivity contribution >= 4 is 10.9 Å². The highest BCUT2D eigenvalue weighted by atomic mass is 16.1. The molecule has 0 aliphatic rings. The summed E-state index contributed by atoms with van der Waals surface area (Å²) in [6.45, 7) is 8.20. The normalized spacial score (nSPS) is 11.3. The van der Waals surface area contributed by atoms with Crippen molar-refractivity contribution in [1.29, 1.82) is 0 Å². The molecule has 1 aromatic heterocycles. The second-order valence-corrected chi connectivity index (χ2v) is 4.75. The minimum absolute atomic E-state index is 0.120. The van der Waals surface area contributed by atoms with Crippen molar-refractivity contribution in [3.05, 3.63) is 45.2 Å². The third-order valence-electron chi connectivity index (χ3n) is 2.91. The summed E-state index contributed by atoms with van der Waals surface area (Å²) >= 11 is 0. The van der Waals surface area contributed by atoms with Crippen LogP contribution < -0.4 is 5.43 Å². The second kappa shape index (κ2) is 3.78. The van der Waals surface area contributed by atoms with Crippen LogP contribution in [0.15, 0.2) is 23.0 Å². The fourth-order valence-electron chi connectivity index (χ4n) is 2.11. The Labute approximate surface area is 95.3 Å². The first-order chi connectivity index (χ1) is 7.49. The van der Waals surface area contributed by atoms with Gasteiger partial charge in [0.1, 0.15) is 0 Å². The molecule has 0 radical (unpaired) electrons. The highest BCUT2D eigenvalue weighted by molar-refractivity contribution is 5.82. The van der Waals surface area contributed by atoms with Crippen LogP contribution in [0.5, 0.6) is 0 Å². The van der Waals surface area contributed by atoms with Gasteiger partial charge in [-0.3, -0.25) is 4.79 Å². The van der Waals surface area contributed by atoms with E-state index in [0.717, 1.165) is 22.2 Å². The summed E-state index contributed by atoms with van der Waals surface area (Å²) in [5, 5.41) is 0.815. The van der Waals surface area contributed by atoms with Crippen LogP contribution in [0.2, 0.25) is 0 Å². The quantitative estimate of drug-likeness (QED) is 0.778. The Morgan fingerprint density at radius 1 is 1.12 bits per heavy atom. The molecule has 0 aliphatic carbocycles. The maximum atomic E-state index is 12.0. The molecule has 0 spiro atoms. The number of hydrogen-bond acceptors (Lipinski definition) is 1. The minimum atomic E-state index is 0.120. The van der Waals surface area contributed by atoms with Crippen molar-refractivity contribution < 1.29 is 0 Å². The number of nitrogens with one attached hydrogen (secondary N) is 1. The third kappa shape index (κ3) is 1.75. The number of pyridine rings is 1. The zero-order valence-electron chi connectivity index (χ0n) is 10.2. The van der Waals surface area contributed by atoms with Gasteiger partial charge in [-0.2, -0.15) is 0 Å². The molecule has 2 rings (SSSR count). The number of aromatic nitrogens is 1. The Morgan fingerprint density at radius 2 is 1.81 bits per heavy atom. The first-order valence-electron chi connectivity index (χ1n) is 5.63. The van der Waals surface area contributed by atoms with E-state index in [1.807, 2.05) is 26.0 Å². The van der Waals surface area contributed by atoms with Crippen LogP contribution >= 0.6 is 0 Å². The summed E-state index contributed by atoms with van der Waals surface area (Å²) in [4.78, 5) is 15.4. The first-order valence-corrected chi connectivity index (χ1v) is 5.63. The Morgan fingerprint density at radius 3 is 2.44 bits per heavy atom. The van der Waals surface area contributed by atoms with Crippen molar-refractivity contribution in [2.24, 2.45) is 0 Å². The molecule has 84 valence electrons. The molecule has 1 aromatic carbocycles. The highest BCUT2D eigenvalue weighted by Gasteiger charge is 2.07. The molecule has 1 heterocycles. The average molecular weight is 215 g/mol. The van der Waals surface area contributed by atoms with Gasteiger partial charge in [0.25, 0.3) is 0 Å². The Kier molecular flexibility index (Phi) is 2.58. The smallest absolute Gasteiger partial charge is 0.189 e. The van der Waals surface area contributed by atoms with E-state index in [1.54, 1.807) is 6.07 Å². The molecule has 0 bridgehead atoms. The lowest BCUT2D eigenvalue weighted by Gasteiger charge is -2.09. The number of hydrogen-bond donors (Lipinski definition) is 1. The SMILES string of the molecule is Cc1cc(C)c2c(=O)cc(C(C)C)[nH]c2c1. The van der Waals surface area contributed by atoms with Crippen LogP contribution in [0, 0.1) is 13.8 Å². The van der Waals surface area contributed by atoms with Gasteiger partial charge in [0.15, 0.2) is 5.43 Å². The van der Waals surface area contributed by atoms with Crippen LogP contribution in [-0.4, -0.2) is 4.98 Å². The monoisotopic (exact) mass is 215 g/mol. The van der Waals surface area contributed by atoms with Gasteiger partial charge in [-0.1, -0.05) is 19.9 Å². The molecule has 1 N–H and O–H groups in total. The first kappa shape index (κ1) is 10.9. The summed E-state index contributed by atoms with van der Waals surface area (Å²) in [6.07, 6.45) is 0. The van der Waals surface area contributed by atoms with E-state index in [0.29, 0.717) is 5.92 Å². The second-order valence-electron chi connectivity index (χ2n) is 4.75. The van der Waals surface area contributed by atoms with Gasteiger partial charge in [-0.15, -0.1) is 0 Å². The molecule has 2 aromatic rings. The molecule has 0 fully saturated rings. The number of aryl methyl sites for hydroxylation is 2. The van der Waals surface area contributed by atoms with E-state index in [9.17, 15) is 4.79 Å². The van der Waals surface area contributed by atoms with Gasteiger partial charge in [-0.05, 0) is 37.0 Å². The lowest BCUT2D eigenvalue weighted by Crippen LogP contribution is -2.07. The summed E-state index contributed by atoms with van der Waals surface area (Å²) in [5.41, 5.74) is 4.30. The molecule has 0 amide bonds. The van der Waals surface area contributed by atoms with Crippen LogP contribution in [0.3, 0.4) is 0 Å². The number of benzene rings is 1. The van der Waals surface area contributed by atoms with Gasteiger partial charge >= 0.3 is 0 Å². The van der Waals surface area contributed by atoms with Gasteiger partial charge in [0.2, 0.25) is 0 Å². The van der Waals surface area contributed by atoms with Crippen LogP contribution in [0.25, 0.3) is 10.9 Å². The van der Waals surface area contributed by atoms with Gasteiger partial charge < -0.3 is 4.98 Å². The van der Waals surface area contributed by atoms with Crippen molar-refractivity contribution in [3.63, 3.8) is 0 Å². The Balaban J connectivity index is 2.87.